The van der Waals surface area contributed by atoms with E-state index in [0.29, 0.717) is 6.54 Å². The first-order valence-electron chi connectivity index (χ1n) is 5.17. The summed E-state index contributed by atoms with van der Waals surface area (Å²) < 4.78 is 0. The van der Waals surface area contributed by atoms with Crippen molar-refractivity contribution in [1.29, 1.82) is 0 Å². The molecule has 1 aliphatic rings. The van der Waals surface area contributed by atoms with E-state index in [1.807, 2.05) is 13.8 Å². The van der Waals surface area contributed by atoms with Crippen LogP contribution in [0, 0.1) is 5.41 Å². The Labute approximate surface area is 85.1 Å². The molecule has 1 rings (SSSR count). The van der Waals surface area contributed by atoms with Gasteiger partial charge in [-0.15, -0.1) is 0 Å². The minimum atomic E-state index is -0.228. The minimum Gasteiger partial charge on any atom is -0.396 e. The van der Waals surface area contributed by atoms with E-state index < -0.39 is 0 Å². The fraction of sp³-hybridized carbons (Fsp3) is 0.900. The van der Waals surface area contributed by atoms with E-state index in [-0.39, 0.29) is 24.0 Å². The Hall–Kier alpha value is -0.610. The Kier molecular flexibility index (Phi) is 3.89. The zero-order chi connectivity index (χ0) is 10.6. The van der Waals surface area contributed by atoms with Crippen LogP contribution >= 0.6 is 0 Å². The Balaban J connectivity index is 2.27. The summed E-state index contributed by atoms with van der Waals surface area (Å²) in [6.07, 6.45) is 1.99. The SMILES string of the molecule is CC(C)(CO)CNC(=O)[C@H]1CCCN1. The molecule has 0 aromatic rings. The fourth-order valence-corrected chi connectivity index (χ4v) is 1.41. The highest BCUT2D eigenvalue weighted by atomic mass is 16.3. The van der Waals surface area contributed by atoms with Crippen molar-refractivity contribution in [3.63, 3.8) is 0 Å². The van der Waals surface area contributed by atoms with Crippen LogP contribution in [0.25, 0.3) is 0 Å². The average Bonchev–Trinajstić information content (AvgIpc) is 2.67. The first-order valence-corrected chi connectivity index (χ1v) is 5.17. The molecule has 0 aliphatic carbocycles. The van der Waals surface area contributed by atoms with E-state index in [0.717, 1.165) is 19.4 Å². The van der Waals surface area contributed by atoms with Gasteiger partial charge in [-0.3, -0.25) is 4.79 Å². The predicted octanol–water partition coefficient (Wildman–Crippen LogP) is -0.127. The molecular weight excluding hydrogens is 180 g/mol. The zero-order valence-electron chi connectivity index (χ0n) is 8.97. The lowest BCUT2D eigenvalue weighted by Crippen LogP contribution is -2.44. The molecule has 4 nitrogen and oxygen atoms in total. The van der Waals surface area contributed by atoms with Crippen LogP contribution in [0.3, 0.4) is 0 Å². The largest absolute Gasteiger partial charge is 0.396 e. The van der Waals surface area contributed by atoms with Crippen LogP contribution < -0.4 is 10.6 Å². The summed E-state index contributed by atoms with van der Waals surface area (Å²) >= 11 is 0. The number of aliphatic hydroxyl groups excluding tert-OH is 1. The van der Waals surface area contributed by atoms with E-state index >= 15 is 0 Å². The smallest absolute Gasteiger partial charge is 0.237 e. The number of hydrogen-bond donors (Lipinski definition) is 3. The Bertz CT molecular complexity index is 198. The van der Waals surface area contributed by atoms with E-state index in [1.54, 1.807) is 0 Å². The molecule has 1 atom stereocenters. The van der Waals surface area contributed by atoms with Crippen molar-refractivity contribution in [1.82, 2.24) is 10.6 Å². The lowest BCUT2D eigenvalue weighted by Gasteiger charge is -2.23. The summed E-state index contributed by atoms with van der Waals surface area (Å²) in [5.74, 6) is 0.0593. The number of nitrogens with one attached hydrogen (secondary N) is 2. The zero-order valence-corrected chi connectivity index (χ0v) is 8.97. The molecule has 0 spiro atoms. The highest BCUT2D eigenvalue weighted by Gasteiger charge is 2.24. The van der Waals surface area contributed by atoms with Gasteiger partial charge in [0.15, 0.2) is 0 Å². The molecular formula is C10H20N2O2. The maximum Gasteiger partial charge on any atom is 0.237 e. The number of amides is 1. The maximum atomic E-state index is 11.6. The summed E-state index contributed by atoms with van der Waals surface area (Å²) in [6.45, 7) is 5.40. The van der Waals surface area contributed by atoms with Crippen LogP contribution in [0.2, 0.25) is 0 Å². The number of rotatable bonds is 4. The lowest BCUT2D eigenvalue weighted by atomic mass is 9.95. The molecule has 1 heterocycles. The highest BCUT2D eigenvalue weighted by molar-refractivity contribution is 5.82. The van der Waals surface area contributed by atoms with Crippen LogP contribution in [0.1, 0.15) is 26.7 Å². The Morgan fingerprint density at radius 1 is 1.64 bits per heavy atom. The van der Waals surface area contributed by atoms with Gasteiger partial charge in [0.2, 0.25) is 5.91 Å². The molecule has 14 heavy (non-hydrogen) atoms. The quantitative estimate of drug-likeness (QED) is 0.592. The summed E-state index contributed by atoms with van der Waals surface area (Å²) in [7, 11) is 0. The molecule has 0 bridgehead atoms. The highest BCUT2D eigenvalue weighted by Crippen LogP contribution is 2.12. The van der Waals surface area contributed by atoms with Crippen molar-refractivity contribution in [2.45, 2.75) is 32.7 Å². The van der Waals surface area contributed by atoms with Gasteiger partial charge in [0, 0.05) is 18.6 Å². The molecule has 0 aromatic heterocycles. The van der Waals surface area contributed by atoms with Gasteiger partial charge in [-0.1, -0.05) is 13.8 Å². The van der Waals surface area contributed by atoms with Crippen molar-refractivity contribution >= 4 is 5.91 Å². The molecule has 3 N–H and O–H groups in total. The number of carbonyl (C=O) groups is 1. The second kappa shape index (κ2) is 4.75. The van der Waals surface area contributed by atoms with Gasteiger partial charge in [-0.2, -0.15) is 0 Å². The summed E-state index contributed by atoms with van der Waals surface area (Å²) in [6, 6.07) is -0.0236. The van der Waals surface area contributed by atoms with Crippen LogP contribution in [0.4, 0.5) is 0 Å². The van der Waals surface area contributed by atoms with Crippen molar-refractivity contribution in [3.05, 3.63) is 0 Å². The molecule has 4 heteroatoms. The molecule has 1 aliphatic heterocycles. The molecule has 1 fully saturated rings. The summed E-state index contributed by atoms with van der Waals surface area (Å²) in [5.41, 5.74) is -0.228. The van der Waals surface area contributed by atoms with Crippen molar-refractivity contribution in [2.75, 3.05) is 19.7 Å². The molecule has 1 amide bonds. The predicted molar refractivity (Wildman–Crippen MR) is 54.9 cm³/mol. The van der Waals surface area contributed by atoms with E-state index in [1.165, 1.54) is 0 Å². The Morgan fingerprint density at radius 3 is 2.86 bits per heavy atom. The fourth-order valence-electron chi connectivity index (χ4n) is 1.41. The molecule has 0 aromatic carbocycles. The average molecular weight is 200 g/mol. The maximum absolute atomic E-state index is 11.6. The van der Waals surface area contributed by atoms with Gasteiger partial charge in [0.1, 0.15) is 0 Å². The normalized spacial score (nSPS) is 22.4. The van der Waals surface area contributed by atoms with Crippen LogP contribution in [-0.2, 0) is 4.79 Å². The standard InChI is InChI=1S/C10H20N2O2/c1-10(2,7-13)6-12-9(14)8-4-3-5-11-8/h8,11,13H,3-7H2,1-2H3,(H,12,14)/t8-/m1/s1. The van der Waals surface area contributed by atoms with Gasteiger partial charge in [0.25, 0.3) is 0 Å². The van der Waals surface area contributed by atoms with Gasteiger partial charge in [0.05, 0.1) is 6.04 Å². The van der Waals surface area contributed by atoms with Crippen LogP contribution in [0.15, 0.2) is 0 Å². The van der Waals surface area contributed by atoms with Gasteiger partial charge >= 0.3 is 0 Å². The van der Waals surface area contributed by atoms with Gasteiger partial charge in [-0.05, 0) is 19.4 Å². The minimum absolute atomic E-state index is 0.0236. The van der Waals surface area contributed by atoms with E-state index in [4.69, 9.17) is 5.11 Å². The van der Waals surface area contributed by atoms with E-state index in [2.05, 4.69) is 10.6 Å². The lowest BCUT2D eigenvalue weighted by molar-refractivity contribution is -0.123. The second-order valence-electron chi connectivity index (χ2n) is 4.69. The summed E-state index contributed by atoms with van der Waals surface area (Å²) in [4.78, 5) is 11.6. The van der Waals surface area contributed by atoms with Crippen molar-refractivity contribution in [3.8, 4) is 0 Å². The Morgan fingerprint density at radius 2 is 2.36 bits per heavy atom. The monoisotopic (exact) mass is 200 g/mol. The third-order valence-corrected chi connectivity index (χ3v) is 2.55. The molecule has 0 unspecified atom stereocenters. The first kappa shape index (κ1) is 11.5. The second-order valence-corrected chi connectivity index (χ2v) is 4.69. The molecule has 82 valence electrons. The van der Waals surface area contributed by atoms with Gasteiger partial charge < -0.3 is 15.7 Å². The molecule has 1 saturated heterocycles. The third-order valence-electron chi connectivity index (χ3n) is 2.55. The van der Waals surface area contributed by atoms with Crippen LogP contribution in [0.5, 0.6) is 0 Å². The molecule has 0 radical (unpaired) electrons. The van der Waals surface area contributed by atoms with Crippen LogP contribution in [-0.4, -0.2) is 36.8 Å². The summed E-state index contributed by atoms with van der Waals surface area (Å²) in [5, 5.41) is 15.0. The third kappa shape index (κ3) is 3.27. The van der Waals surface area contributed by atoms with Crippen molar-refractivity contribution in [2.24, 2.45) is 5.41 Å². The number of carbonyl (C=O) groups excluding carboxylic acids is 1. The van der Waals surface area contributed by atoms with Gasteiger partial charge in [-0.25, -0.2) is 0 Å². The van der Waals surface area contributed by atoms with E-state index in [9.17, 15) is 4.79 Å². The topological polar surface area (TPSA) is 61.4 Å². The molecule has 0 saturated carbocycles. The van der Waals surface area contributed by atoms with Crippen molar-refractivity contribution < 1.29 is 9.90 Å². The number of hydrogen-bond acceptors (Lipinski definition) is 3. The first-order chi connectivity index (χ1) is 6.55. The number of aliphatic hydroxyl groups is 1.